The van der Waals surface area contributed by atoms with Crippen LogP contribution in [-0.4, -0.2) is 24.5 Å². The van der Waals surface area contributed by atoms with Gasteiger partial charge in [-0.05, 0) is 29.8 Å². The lowest BCUT2D eigenvalue weighted by molar-refractivity contribution is 0.0946. The molecule has 1 heterocycles. The first-order valence-corrected chi connectivity index (χ1v) is 9.22. The monoisotopic (exact) mass is 375 g/mol. The summed E-state index contributed by atoms with van der Waals surface area (Å²) in [5, 5.41) is 9.17. The molecule has 0 aliphatic carbocycles. The first-order valence-electron chi connectivity index (χ1n) is 7.57. The van der Waals surface area contributed by atoms with Crippen molar-refractivity contribution < 1.29 is 22.0 Å². The van der Waals surface area contributed by atoms with Crippen molar-refractivity contribution in [3.63, 3.8) is 0 Å². The van der Waals surface area contributed by atoms with Gasteiger partial charge >= 0.3 is 5.22 Å². The molecular formula is C17H14FN3O4S. The number of carbonyl (C=O) groups is 1. The Hall–Kier alpha value is -3.07. The quantitative estimate of drug-likeness (QED) is 0.708. The van der Waals surface area contributed by atoms with E-state index < -0.39 is 26.6 Å². The van der Waals surface area contributed by atoms with E-state index in [1.807, 2.05) is 0 Å². The molecule has 7 nitrogen and oxygen atoms in total. The number of hydrogen-bond donors (Lipinski definition) is 1. The molecule has 3 rings (SSSR count). The predicted molar refractivity (Wildman–Crippen MR) is 89.2 cm³/mol. The topological polar surface area (TPSA) is 102 Å². The minimum atomic E-state index is -3.87. The van der Waals surface area contributed by atoms with Crippen molar-refractivity contribution in [2.45, 2.75) is 17.5 Å². The van der Waals surface area contributed by atoms with Gasteiger partial charge in [-0.1, -0.05) is 35.4 Å². The maximum absolute atomic E-state index is 12.9. The molecule has 1 amide bonds. The molecule has 0 bridgehead atoms. The second kappa shape index (κ2) is 7.44. The summed E-state index contributed by atoms with van der Waals surface area (Å²) >= 11 is 0. The van der Waals surface area contributed by atoms with Gasteiger partial charge in [0.05, 0.1) is 12.3 Å². The lowest BCUT2D eigenvalue weighted by Crippen LogP contribution is -2.22. The Balaban J connectivity index is 1.65. The van der Waals surface area contributed by atoms with Gasteiger partial charge in [0, 0.05) is 5.56 Å². The van der Waals surface area contributed by atoms with E-state index in [9.17, 15) is 17.6 Å². The number of hydrogen-bond acceptors (Lipinski definition) is 6. The molecule has 26 heavy (non-hydrogen) atoms. The van der Waals surface area contributed by atoms with Gasteiger partial charge in [-0.15, -0.1) is 5.10 Å². The summed E-state index contributed by atoms with van der Waals surface area (Å²) in [6.07, 6.45) is 0. The lowest BCUT2D eigenvalue weighted by Gasteiger charge is -2.02. The summed E-state index contributed by atoms with van der Waals surface area (Å²) in [5.74, 6) is -1.24. The third kappa shape index (κ3) is 4.31. The Bertz CT molecular complexity index is 1000. The van der Waals surface area contributed by atoms with Crippen LogP contribution in [0.15, 0.2) is 64.2 Å². The number of aromatic nitrogens is 2. The van der Waals surface area contributed by atoms with Crippen molar-refractivity contribution in [3.8, 4) is 0 Å². The Morgan fingerprint density at radius 2 is 1.73 bits per heavy atom. The zero-order valence-corrected chi connectivity index (χ0v) is 14.2. The number of sulfone groups is 1. The van der Waals surface area contributed by atoms with E-state index >= 15 is 0 Å². The van der Waals surface area contributed by atoms with E-state index in [2.05, 4.69) is 15.5 Å². The summed E-state index contributed by atoms with van der Waals surface area (Å²) in [6.45, 7) is -0.104. The molecule has 0 atom stereocenters. The van der Waals surface area contributed by atoms with Crippen LogP contribution in [0.1, 0.15) is 21.8 Å². The van der Waals surface area contributed by atoms with E-state index in [4.69, 9.17) is 4.42 Å². The molecule has 2 aromatic carbocycles. The number of rotatable bonds is 6. The van der Waals surface area contributed by atoms with Gasteiger partial charge in [0.2, 0.25) is 15.7 Å². The van der Waals surface area contributed by atoms with Gasteiger partial charge in [-0.3, -0.25) is 4.79 Å². The molecule has 1 N–H and O–H groups in total. The van der Waals surface area contributed by atoms with Crippen LogP contribution in [0.25, 0.3) is 0 Å². The van der Waals surface area contributed by atoms with Crippen LogP contribution >= 0.6 is 0 Å². The zero-order valence-electron chi connectivity index (χ0n) is 13.4. The second-order valence-corrected chi connectivity index (χ2v) is 7.26. The average Bonchev–Trinajstić information content (AvgIpc) is 3.12. The first-order chi connectivity index (χ1) is 12.4. The molecule has 1 aromatic heterocycles. The van der Waals surface area contributed by atoms with Crippen molar-refractivity contribution in [1.82, 2.24) is 15.5 Å². The predicted octanol–water partition coefficient (Wildman–Crippen LogP) is 2.11. The molecule has 0 aliphatic rings. The average molecular weight is 375 g/mol. The normalized spacial score (nSPS) is 11.3. The van der Waals surface area contributed by atoms with Crippen molar-refractivity contribution in [3.05, 3.63) is 77.4 Å². The smallest absolute Gasteiger partial charge is 0.335 e. The molecule has 134 valence electrons. The highest BCUT2D eigenvalue weighted by atomic mass is 32.2. The van der Waals surface area contributed by atoms with Crippen molar-refractivity contribution >= 4 is 15.7 Å². The van der Waals surface area contributed by atoms with E-state index in [1.54, 1.807) is 30.3 Å². The van der Waals surface area contributed by atoms with Crippen LogP contribution in [0.4, 0.5) is 4.39 Å². The molecule has 0 aliphatic heterocycles. The fraction of sp³-hybridized carbons (Fsp3) is 0.118. The maximum Gasteiger partial charge on any atom is 0.335 e. The minimum absolute atomic E-state index is 0.0352. The Morgan fingerprint density at radius 1 is 1.04 bits per heavy atom. The molecule has 0 unspecified atom stereocenters. The highest BCUT2D eigenvalue weighted by Crippen LogP contribution is 2.15. The Morgan fingerprint density at radius 3 is 2.42 bits per heavy atom. The molecule has 0 saturated carbocycles. The first kappa shape index (κ1) is 17.7. The molecule has 9 heteroatoms. The summed E-state index contributed by atoms with van der Waals surface area (Å²) in [7, 11) is -3.87. The Kier molecular flexibility index (Phi) is 5.08. The van der Waals surface area contributed by atoms with Crippen LogP contribution in [-0.2, 0) is 22.1 Å². The molecule has 3 aromatic rings. The van der Waals surface area contributed by atoms with E-state index in [0.29, 0.717) is 11.1 Å². The SMILES string of the molecule is O=C(NCc1nnc(S(=O)(=O)Cc2ccc(F)cc2)o1)c1ccccc1. The lowest BCUT2D eigenvalue weighted by atomic mass is 10.2. The van der Waals surface area contributed by atoms with Crippen LogP contribution in [0.5, 0.6) is 0 Å². The number of carbonyl (C=O) groups excluding carboxylic acids is 1. The number of amides is 1. The van der Waals surface area contributed by atoms with Gasteiger partial charge in [0.25, 0.3) is 5.91 Å². The highest BCUT2D eigenvalue weighted by Gasteiger charge is 2.23. The third-order valence-corrected chi connectivity index (χ3v) is 4.83. The molecule has 0 spiro atoms. The molecule has 0 fully saturated rings. The summed E-state index contributed by atoms with van der Waals surface area (Å²) in [6, 6.07) is 13.6. The zero-order chi connectivity index (χ0) is 18.6. The van der Waals surface area contributed by atoms with Crippen LogP contribution in [0, 0.1) is 5.82 Å². The number of halogens is 1. The van der Waals surface area contributed by atoms with Crippen LogP contribution < -0.4 is 5.32 Å². The Labute approximate surface area is 148 Å². The molecule has 0 radical (unpaired) electrons. The number of nitrogens with one attached hydrogen (secondary N) is 1. The van der Waals surface area contributed by atoms with Crippen molar-refractivity contribution in [1.29, 1.82) is 0 Å². The van der Waals surface area contributed by atoms with Gasteiger partial charge in [0.1, 0.15) is 5.82 Å². The summed E-state index contributed by atoms with van der Waals surface area (Å²) in [5.41, 5.74) is 0.847. The maximum atomic E-state index is 12.9. The van der Waals surface area contributed by atoms with Crippen molar-refractivity contribution in [2.24, 2.45) is 0 Å². The fourth-order valence-electron chi connectivity index (χ4n) is 2.14. The second-order valence-electron chi connectivity index (χ2n) is 5.40. The largest absolute Gasteiger partial charge is 0.411 e. The minimum Gasteiger partial charge on any atom is -0.411 e. The summed E-state index contributed by atoms with van der Waals surface area (Å²) in [4.78, 5) is 11.9. The van der Waals surface area contributed by atoms with E-state index in [1.165, 1.54) is 24.3 Å². The van der Waals surface area contributed by atoms with Gasteiger partial charge in [-0.25, -0.2) is 12.8 Å². The third-order valence-electron chi connectivity index (χ3n) is 3.42. The van der Waals surface area contributed by atoms with Gasteiger partial charge in [-0.2, -0.15) is 0 Å². The summed E-state index contributed by atoms with van der Waals surface area (Å²) < 4.78 is 42.6. The van der Waals surface area contributed by atoms with Crippen LogP contribution in [0.2, 0.25) is 0 Å². The van der Waals surface area contributed by atoms with E-state index in [-0.39, 0.29) is 18.3 Å². The number of benzene rings is 2. The van der Waals surface area contributed by atoms with Crippen molar-refractivity contribution in [2.75, 3.05) is 0 Å². The van der Waals surface area contributed by atoms with Gasteiger partial charge in [0.15, 0.2) is 0 Å². The standard InChI is InChI=1S/C17H14FN3O4S/c18-14-8-6-12(7-9-14)11-26(23,24)17-21-20-15(25-17)10-19-16(22)13-4-2-1-3-5-13/h1-9H,10-11H2,(H,19,22). The van der Waals surface area contributed by atoms with Crippen LogP contribution in [0.3, 0.4) is 0 Å². The van der Waals surface area contributed by atoms with Gasteiger partial charge < -0.3 is 9.73 Å². The molecular weight excluding hydrogens is 361 g/mol. The number of nitrogens with zero attached hydrogens (tertiary/aromatic N) is 2. The highest BCUT2D eigenvalue weighted by molar-refractivity contribution is 7.90. The van der Waals surface area contributed by atoms with E-state index in [0.717, 1.165) is 0 Å². The fourth-order valence-corrected chi connectivity index (χ4v) is 3.29. The molecule has 0 saturated heterocycles.